The number of hydrogen-bond donors (Lipinski definition) is 3. The van der Waals surface area contributed by atoms with Gasteiger partial charge in [-0.2, -0.15) is 0 Å². The summed E-state index contributed by atoms with van der Waals surface area (Å²) in [4.78, 5) is 20.9. The van der Waals surface area contributed by atoms with Crippen LogP contribution < -0.4 is 10.3 Å². The first-order chi connectivity index (χ1) is 13.7. The lowest BCUT2D eigenvalue weighted by atomic mass is 10.1. The van der Waals surface area contributed by atoms with E-state index in [-0.39, 0.29) is 11.7 Å². The Hall–Kier alpha value is -3.09. The molecule has 0 saturated carbocycles. The van der Waals surface area contributed by atoms with E-state index in [4.69, 9.17) is 4.74 Å². The van der Waals surface area contributed by atoms with Gasteiger partial charge in [0.1, 0.15) is 12.5 Å². The minimum absolute atomic E-state index is 0.116. The highest BCUT2D eigenvalue weighted by atomic mass is 16.5. The fourth-order valence-corrected chi connectivity index (χ4v) is 3.79. The molecule has 2 aromatic carbocycles. The van der Waals surface area contributed by atoms with E-state index in [9.17, 15) is 9.90 Å². The molecule has 5 rings (SSSR count). The Morgan fingerprint density at radius 1 is 1.04 bits per heavy atom. The van der Waals surface area contributed by atoms with Crippen LogP contribution in [0.1, 0.15) is 6.42 Å². The molecule has 0 spiro atoms. The predicted octanol–water partition coefficient (Wildman–Crippen LogP) is 3.08. The Kier molecular flexibility index (Phi) is 4.15. The van der Waals surface area contributed by atoms with Crippen LogP contribution in [0.5, 0.6) is 5.75 Å². The highest BCUT2D eigenvalue weighted by Gasteiger charge is 2.20. The molecular formula is C22H21N3O3. The Morgan fingerprint density at radius 2 is 1.89 bits per heavy atom. The largest absolute Gasteiger partial charge is 0.478 e. The first-order valence-electron chi connectivity index (χ1n) is 9.44. The van der Waals surface area contributed by atoms with Crippen molar-refractivity contribution in [3.8, 4) is 17.0 Å². The van der Waals surface area contributed by atoms with E-state index < -0.39 is 0 Å². The lowest BCUT2D eigenvalue weighted by molar-refractivity contribution is 0.123. The topological polar surface area (TPSA) is 81.3 Å². The van der Waals surface area contributed by atoms with Crippen LogP contribution in [0.15, 0.2) is 59.4 Å². The van der Waals surface area contributed by atoms with E-state index in [1.165, 1.54) is 0 Å². The molecule has 0 amide bonds. The molecule has 28 heavy (non-hydrogen) atoms. The summed E-state index contributed by atoms with van der Waals surface area (Å²) in [5.74, 6) is 0.770. The van der Waals surface area contributed by atoms with Crippen LogP contribution in [-0.2, 0) is 0 Å². The fraction of sp³-hybridized carbons (Fsp3) is 0.227. The zero-order valence-electron chi connectivity index (χ0n) is 15.3. The third-order valence-electron chi connectivity index (χ3n) is 5.30. The van der Waals surface area contributed by atoms with Crippen molar-refractivity contribution < 1.29 is 9.84 Å². The van der Waals surface area contributed by atoms with Crippen molar-refractivity contribution in [3.05, 3.63) is 65.0 Å². The molecule has 1 unspecified atom stereocenters. The van der Waals surface area contributed by atoms with Crippen LogP contribution >= 0.6 is 0 Å². The molecule has 1 fully saturated rings. The summed E-state index contributed by atoms with van der Waals surface area (Å²) in [5.41, 5.74) is 3.06. The standard InChI is InChI=1S/C22H21N3O3/c26-16-7-8-25(12-16)13-28-17-5-6-20-15(9-17)11-21(23-20)18-10-14-3-1-2-4-19(14)24-22(18)27/h1-6,9-11,16,23,26H,7-8,12-13H2,(H,24,27). The summed E-state index contributed by atoms with van der Waals surface area (Å²) in [6, 6.07) is 17.5. The third-order valence-corrected chi connectivity index (χ3v) is 5.30. The number of para-hydroxylation sites is 1. The maximum atomic E-state index is 12.5. The molecule has 1 atom stereocenters. The lowest BCUT2D eigenvalue weighted by Crippen LogP contribution is -2.26. The molecule has 142 valence electrons. The number of β-amino-alcohol motifs (C(OH)–C–C–N with tert-alkyl or cyclic N) is 1. The zero-order valence-corrected chi connectivity index (χ0v) is 15.3. The summed E-state index contributed by atoms with van der Waals surface area (Å²) in [5, 5.41) is 11.6. The van der Waals surface area contributed by atoms with Crippen molar-refractivity contribution >= 4 is 21.8 Å². The monoisotopic (exact) mass is 375 g/mol. The van der Waals surface area contributed by atoms with E-state index in [1.807, 2.05) is 54.6 Å². The molecule has 0 aliphatic carbocycles. The molecule has 6 nitrogen and oxygen atoms in total. The van der Waals surface area contributed by atoms with Crippen LogP contribution in [-0.4, -0.2) is 45.9 Å². The average molecular weight is 375 g/mol. The van der Waals surface area contributed by atoms with Crippen molar-refractivity contribution in [2.75, 3.05) is 19.8 Å². The van der Waals surface area contributed by atoms with Gasteiger partial charge in [-0.25, -0.2) is 0 Å². The molecule has 1 saturated heterocycles. The van der Waals surface area contributed by atoms with E-state index in [2.05, 4.69) is 14.9 Å². The quantitative estimate of drug-likeness (QED) is 0.512. The van der Waals surface area contributed by atoms with Gasteiger partial charge in [0.2, 0.25) is 0 Å². The van der Waals surface area contributed by atoms with Gasteiger partial charge in [-0.1, -0.05) is 18.2 Å². The van der Waals surface area contributed by atoms with E-state index in [1.54, 1.807) is 0 Å². The zero-order chi connectivity index (χ0) is 19.1. The molecule has 3 N–H and O–H groups in total. The number of likely N-dealkylation sites (tertiary alicyclic amines) is 1. The van der Waals surface area contributed by atoms with E-state index in [0.29, 0.717) is 18.8 Å². The number of H-pyrrole nitrogens is 2. The number of fused-ring (bicyclic) bond motifs is 2. The summed E-state index contributed by atoms with van der Waals surface area (Å²) in [7, 11) is 0. The molecule has 0 radical (unpaired) electrons. The van der Waals surface area contributed by atoms with Gasteiger partial charge in [-0.05, 0) is 48.2 Å². The van der Waals surface area contributed by atoms with Crippen LogP contribution in [0, 0.1) is 0 Å². The maximum Gasteiger partial charge on any atom is 0.257 e. The number of nitrogens with one attached hydrogen (secondary N) is 2. The molecule has 3 heterocycles. The van der Waals surface area contributed by atoms with E-state index >= 15 is 0 Å². The van der Waals surface area contributed by atoms with Gasteiger partial charge in [-0.15, -0.1) is 0 Å². The highest BCUT2D eigenvalue weighted by molar-refractivity contribution is 5.89. The van der Waals surface area contributed by atoms with Crippen molar-refractivity contribution in [1.29, 1.82) is 0 Å². The number of benzene rings is 2. The second-order valence-electron chi connectivity index (χ2n) is 7.32. The number of hydrogen-bond acceptors (Lipinski definition) is 4. The fourth-order valence-electron chi connectivity index (χ4n) is 3.79. The number of ether oxygens (including phenoxy) is 1. The minimum atomic E-state index is -0.252. The number of aliphatic hydroxyl groups is 1. The van der Waals surface area contributed by atoms with Gasteiger partial charge in [0.25, 0.3) is 5.56 Å². The first kappa shape index (κ1) is 17.0. The first-order valence-corrected chi connectivity index (χ1v) is 9.44. The number of rotatable bonds is 4. The molecule has 2 aromatic heterocycles. The summed E-state index contributed by atoms with van der Waals surface area (Å²) in [6.07, 6.45) is 0.544. The number of aliphatic hydroxyl groups excluding tert-OH is 1. The molecule has 4 aromatic rings. The predicted molar refractivity (Wildman–Crippen MR) is 110 cm³/mol. The van der Waals surface area contributed by atoms with Crippen molar-refractivity contribution in [3.63, 3.8) is 0 Å². The van der Waals surface area contributed by atoms with Crippen LogP contribution in [0.2, 0.25) is 0 Å². The normalized spacial score (nSPS) is 17.5. The van der Waals surface area contributed by atoms with E-state index in [0.717, 1.165) is 46.2 Å². The van der Waals surface area contributed by atoms with Gasteiger partial charge < -0.3 is 19.8 Å². The highest BCUT2D eigenvalue weighted by Crippen LogP contribution is 2.27. The van der Waals surface area contributed by atoms with Crippen LogP contribution in [0.3, 0.4) is 0 Å². The maximum absolute atomic E-state index is 12.5. The number of nitrogens with zero attached hydrogens (tertiary/aromatic N) is 1. The summed E-state index contributed by atoms with van der Waals surface area (Å²) < 4.78 is 5.88. The van der Waals surface area contributed by atoms with Gasteiger partial charge in [0.15, 0.2) is 0 Å². The van der Waals surface area contributed by atoms with Crippen LogP contribution in [0.25, 0.3) is 33.1 Å². The minimum Gasteiger partial charge on any atom is -0.478 e. The lowest BCUT2D eigenvalue weighted by Gasteiger charge is -2.15. The SMILES string of the molecule is O=c1[nH]c2ccccc2cc1-c1cc2cc(OCN3CCC(O)C3)ccc2[nH]1. The Morgan fingerprint density at radius 3 is 2.75 bits per heavy atom. The summed E-state index contributed by atoms with van der Waals surface area (Å²) in [6.45, 7) is 1.97. The second-order valence-corrected chi connectivity index (χ2v) is 7.32. The third kappa shape index (κ3) is 3.17. The van der Waals surface area contributed by atoms with Gasteiger partial charge in [0.05, 0.1) is 17.4 Å². The number of pyridine rings is 1. The Labute approximate surface area is 161 Å². The molecular weight excluding hydrogens is 354 g/mol. The van der Waals surface area contributed by atoms with Crippen molar-refractivity contribution in [1.82, 2.24) is 14.9 Å². The molecule has 1 aliphatic heterocycles. The molecule has 1 aliphatic rings. The Balaban J connectivity index is 1.44. The van der Waals surface area contributed by atoms with Crippen molar-refractivity contribution in [2.45, 2.75) is 12.5 Å². The van der Waals surface area contributed by atoms with Crippen molar-refractivity contribution in [2.24, 2.45) is 0 Å². The average Bonchev–Trinajstić information content (AvgIpc) is 3.31. The van der Waals surface area contributed by atoms with Gasteiger partial charge in [0, 0.05) is 29.5 Å². The smallest absolute Gasteiger partial charge is 0.257 e. The van der Waals surface area contributed by atoms with Crippen LogP contribution in [0.4, 0.5) is 0 Å². The van der Waals surface area contributed by atoms with Gasteiger partial charge >= 0.3 is 0 Å². The second kappa shape index (κ2) is 6.82. The number of aromatic nitrogens is 2. The summed E-state index contributed by atoms with van der Waals surface area (Å²) >= 11 is 0. The molecule has 6 heteroatoms. The number of aromatic amines is 2. The molecule has 0 bridgehead atoms. The van der Waals surface area contributed by atoms with Gasteiger partial charge in [-0.3, -0.25) is 9.69 Å². The Bertz CT molecular complexity index is 1210.